The fraction of sp³-hybridized carbons (Fsp3) is 0.703. The summed E-state index contributed by atoms with van der Waals surface area (Å²) in [4.78, 5) is 42.8. The van der Waals surface area contributed by atoms with E-state index in [4.69, 9.17) is 29.4 Å². The maximum absolute atomic E-state index is 14.6. The number of Topliss-reactive ketones (excluding diaryl/α,β-unsaturated/α-hetero) is 2. The first-order valence-electron chi connectivity index (χ1n) is 18.1. The summed E-state index contributed by atoms with van der Waals surface area (Å²) in [5, 5.41) is 70.9. The quantitative estimate of drug-likeness (QED) is 0.221. The van der Waals surface area contributed by atoms with E-state index in [2.05, 4.69) is 0 Å². The van der Waals surface area contributed by atoms with Crippen LogP contribution in [-0.2, 0) is 28.5 Å². The van der Waals surface area contributed by atoms with Gasteiger partial charge in [0.25, 0.3) is 0 Å². The highest BCUT2D eigenvalue weighted by Gasteiger charge is 2.85. The molecule has 0 aromatic heterocycles. The van der Waals surface area contributed by atoms with Crippen LogP contribution in [0.1, 0.15) is 111 Å². The Hall–Kier alpha value is -2.67. The van der Waals surface area contributed by atoms with Gasteiger partial charge in [0.15, 0.2) is 29.6 Å². The van der Waals surface area contributed by atoms with Crippen molar-refractivity contribution in [2.75, 3.05) is 0 Å². The molecule has 0 radical (unpaired) electrons. The topological polar surface area (TPSA) is 245 Å². The highest BCUT2D eigenvalue weighted by atomic mass is 16.7. The molecule has 14 atom stereocenters. The molecule has 0 unspecified atom stereocenters. The van der Waals surface area contributed by atoms with E-state index in [1.807, 2.05) is 0 Å². The molecule has 8 N–H and O–H groups in total. The molecule has 3 aliphatic carbocycles. The van der Waals surface area contributed by atoms with Crippen LogP contribution in [0, 0.1) is 0 Å². The third-order valence-electron chi connectivity index (χ3n) is 12.3. The van der Waals surface area contributed by atoms with Crippen molar-refractivity contribution in [1.29, 1.82) is 0 Å². The van der Waals surface area contributed by atoms with E-state index in [-0.39, 0.29) is 30.2 Å². The fourth-order valence-electron chi connectivity index (χ4n) is 9.19. The van der Waals surface area contributed by atoms with Crippen molar-refractivity contribution in [3.05, 3.63) is 40.5 Å². The van der Waals surface area contributed by atoms with Crippen molar-refractivity contribution in [2.24, 2.45) is 5.73 Å². The van der Waals surface area contributed by atoms with E-state index in [1.54, 1.807) is 20.8 Å². The molecule has 15 nitrogen and oxygen atoms in total. The van der Waals surface area contributed by atoms with Crippen molar-refractivity contribution >= 4 is 17.3 Å². The summed E-state index contributed by atoms with van der Waals surface area (Å²) in [7, 11) is 0. The van der Waals surface area contributed by atoms with E-state index >= 15 is 0 Å². The van der Waals surface area contributed by atoms with Crippen LogP contribution in [0.25, 0.3) is 0 Å². The zero-order valence-electron chi connectivity index (χ0n) is 29.7. The van der Waals surface area contributed by atoms with Gasteiger partial charge < -0.3 is 60.1 Å². The van der Waals surface area contributed by atoms with Gasteiger partial charge in [-0.3, -0.25) is 14.4 Å². The van der Waals surface area contributed by atoms with E-state index in [1.165, 1.54) is 19.1 Å². The molecule has 0 amide bonds. The molecular weight excluding hydrogens is 682 g/mol. The van der Waals surface area contributed by atoms with Gasteiger partial charge in [-0.15, -0.1) is 0 Å². The first-order chi connectivity index (χ1) is 24.4. The van der Waals surface area contributed by atoms with Gasteiger partial charge in [0.1, 0.15) is 11.4 Å². The summed E-state index contributed by atoms with van der Waals surface area (Å²) in [5.41, 5.74) is -7.66. The molecule has 286 valence electrons. The number of phenolic OH excluding ortho intramolecular Hbond substituents is 1. The van der Waals surface area contributed by atoms with Gasteiger partial charge >= 0.3 is 0 Å². The smallest absolute Gasteiger partial charge is 0.203 e. The predicted octanol–water partition coefficient (Wildman–Crippen LogP) is 0.767. The van der Waals surface area contributed by atoms with E-state index in [0.717, 1.165) is 6.08 Å². The number of phenols is 1. The normalized spacial score (nSPS) is 46.6. The largest absolute Gasteiger partial charge is 0.507 e. The van der Waals surface area contributed by atoms with Crippen LogP contribution >= 0.6 is 0 Å². The maximum atomic E-state index is 14.6. The number of hydrogen-bond donors (Lipinski definition) is 7. The van der Waals surface area contributed by atoms with Gasteiger partial charge in [-0.25, -0.2) is 0 Å². The molecule has 3 saturated heterocycles. The highest BCUT2D eigenvalue weighted by Crippen LogP contribution is 2.59. The summed E-state index contributed by atoms with van der Waals surface area (Å²) >= 11 is 0. The highest BCUT2D eigenvalue weighted by molar-refractivity contribution is 6.26. The summed E-state index contributed by atoms with van der Waals surface area (Å²) < 4.78 is 30.2. The van der Waals surface area contributed by atoms with Crippen molar-refractivity contribution in [1.82, 2.24) is 0 Å². The number of aliphatic hydroxyl groups is 5. The molecule has 52 heavy (non-hydrogen) atoms. The lowest BCUT2D eigenvalue weighted by molar-refractivity contribution is -0.339. The van der Waals surface area contributed by atoms with Crippen molar-refractivity contribution in [2.45, 2.75) is 163 Å². The first-order valence-corrected chi connectivity index (χ1v) is 18.1. The molecule has 6 aliphatic rings. The molecule has 3 heterocycles. The van der Waals surface area contributed by atoms with Gasteiger partial charge in [0.05, 0.1) is 48.3 Å². The molecule has 1 aromatic rings. The second-order valence-electron chi connectivity index (χ2n) is 15.7. The fourth-order valence-corrected chi connectivity index (χ4v) is 9.19. The lowest BCUT2D eigenvalue weighted by atomic mass is 9.46. The second kappa shape index (κ2) is 13.0. The van der Waals surface area contributed by atoms with Crippen LogP contribution in [0.5, 0.6) is 5.75 Å². The van der Waals surface area contributed by atoms with Crippen LogP contribution < -0.4 is 5.73 Å². The molecule has 4 fully saturated rings. The maximum Gasteiger partial charge on any atom is 0.203 e. The standard InChI is InChI=1S/C37H49NO14/c1-16-13-26(40)36(46)34(44,14-16)27(52-29-11-7-22(38)17(2)49-29)15-35(45)33(43)30-21(32(42)37(35,36)47)6-5-20(31(30)41)25-10-9-24(19(4)48-25)51-28-12-8-23(39)18(3)50-28/h5-6,13,17-19,22-25,27-29,39,41,44-47H,7-12,14-15,38H2,1-4H3/t17-,18+,19-,22-,23+,24-,25+,27-,28+,29-,34-,35+,36-,37+/m1/s1. The van der Waals surface area contributed by atoms with Gasteiger partial charge in [-0.2, -0.15) is 0 Å². The van der Waals surface area contributed by atoms with Crippen molar-refractivity contribution in [3.63, 3.8) is 0 Å². The van der Waals surface area contributed by atoms with E-state index in [0.29, 0.717) is 37.7 Å². The van der Waals surface area contributed by atoms with Crippen LogP contribution in [-0.4, -0.2) is 126 Å². The number of ether oxygens (including phenoxy) is 5. The van der Waals surface area contributed by atoms with Crippen molar-refractivity contribution in [3.8, 4) is 5.75 Å². The average molecular weight is 732 g/mol. The Morgan fingerprint density at radius 1 is 0.808 bits per heavy atom. The third-order valence-corrected chi connectivity index (χ3v) is 12.3. The zero-order valence-corrected chi connectivity index (χ0v) is 29.7. The van der Waals surface area contributed by atoms with Gasteiger partial charge in [0.2, 0.25) is 17.2 Å². The number of rotatable bonds is 5. The Morgan fingerprint density at radius 3 is 2.15 bits per heavy atom. The number of benzene rings is 1. The molecule has 0 spiro atoms. The first kappa shape index (κ1) is 37.6. The lowest BCUT2D eigenvalue weighted by Gasteiger charge is -2.63. The second-order valence-corrected chi connectivity index (χ2v) is 15.7. The van der Waals surface area contributed by atoms with Gasteiger partial charge in [-0.1, -0.05) is 11.6 Å². The summed E-state index contributed by atoms with van der Waals surface area (Å²) in [6, 6.07) is 2.21. The predicted molar refractivity (Wildman–Crippen MR) is 178 cm³/mol. The molecule has 1 saturated carbocycles. The minimum absolute atomic E-state index is 0.136. The summed E-state index contributed by atoms with van der Waals surface area (Å²) in [5.74, 6) is -4.75. The Kier molecular flexibility index (Phi) is 9.39. The number of aromatic hydroxyl groups is 1. The monoisotopic (exact) mass is 731 g/mol. The van der Waals surface area contributed by atoms with Crippen LogP contribution in [0.15, 0.2) is 23.8 Å². The Morgan fingerprint density at radius 2 is 1.48 bits per heavy atom. The minimum atomic E-state index is -3.58. The number of ketones is 3. The number of carbonyl (C=O) groups excluding carboxylic acids is 3. The van der Waals surface area contributed by atoms with Gasteiger partial charge in [-0.05, 0) is 71.9 Å². The number of aliphatic hydroxyl groups excluding tert-OH is 1. The molecule has 3 aliphatic heterocycles. The average Bonchev–Trinajstić information content (AvgIpc) is 3.08. The molecular formula is C37H49NO14. The van der Waals surface area contributed by atoms with E-state index < -0.39 is 113 Å². The number of carbonyl (C=O) groups is 3. The number of fused-ring (bicyclic) bond motifs is 4. The number of hydrogen-bond acceptors (Lipinski definition) is 15. The van der Waals surface area contributed by atoms with Crippen LogP contribution in [0.4, 0.5) is 0 Å². The van der Waals surface area contributed by atoms with Crippen LogP contribution in [0.2, 0.25) is 0 Å². The summed E-state index contributed by atoms with van der Waals surface area (Å²) in [6.45, 7) is 6.79. The molecule has 7 rings (SSSR count). The Bertz CT molecular complexity index is 1680. The minimum Gasteiger partial charge on any atom is -0.507 e. The SMILES string of the molecule is CC1=CC(=O)[C@]2(O)[C@]3(O)C(=O)c4ccc([C@@H]5CC[C@@H](O[C@H]6CC[C@H](O)[C@H](C)O6)[C@@H](C)O5)c(O)c4C(=O)[C@@]3(O)C[C@@H](O[C@@H]3CC[C@@H](N)[C@@H](C)O3)[C@]2(O)C1. The Labute approximate surface area is 300 Å². The zero-order chi connectivity index (χ0) is 37.7. The Balaban J connectivity index is 1.22. The number of nitrogens with two attached hydrogens (primary N) is 1. The molecule has 15 heteroatoms. The van der Waals surface area contributed by atoms with Crippen molar-refractivity contribution < 1.29 is 68.7 Å². The summed E-state index contributed by atoms with van der Waals surface area (Å²) in [6.07, 6.45) is -4.25. The molecule has 0 bridgehead atoms. The molecule has 1 aromatic carbocycles. The van der Waals surface area contributed by atoms with Crippen LogP contribution in [0.3, 0.4) is 0 Å². The third kappa shape index (κ3) is 5.31. The van der Waals surface area contributed by atoms with Gasteiger partial charge in [0, 0.05) is 36.4 Å². The van der Waals surface area contributed by atoms with E-state index in [9.17, 15) is 45.0 Å². The lowest BCUT2D eigenvalue weighted by Crippen LogP contribution is -2.90.